The average Bonchev–Trinajstić information content (AvgIpc) is 3.11. The molecule has 134 valence electrons. The van der Waals surface area contributed by atoms with Crippen molar-refractivity contribution in [1.29, 1.82) is 5.26 Å². The van der Waals surface area contributed by atoms with E-state index in [4.69, 9.17) is 14.7 Å². The van der Waals surface area contributed by atoms with Gasteiger partial charge in [-0.2, -0.15) is 5.26 Å². The first-order chi connectivity index (χ1) is 12.2. The van der Waals surface area contributed by atoms with Crippen LogP contribution in [0.3, 0.4) is 0 Å². The largest absolute Gasteiger partial charge is 0.486 e. The van der Waals surface area contributed by atoms with Crippen LogP contribution in [0.25, 0.3) is 0 Å². The molecule has 2 heterocycles. The minimum atomic E-state index is 0.285. The quantitative estimate of drug-likeness (QED) is 0.765. The third-order valence-electron chi connectivity index (χ3n) is 6.33. The predicted molar refractivity (Wildman–Crippen MR) is 97.0 cm³/mol. The van der Waals surface area contributed by atoms with Gasteiger partial charge in [0.25, 0.3) is 0 Å². The Bertz CT molecular complexity index is 673. The van der Waals surface area contributed by atoms with Crippen molar-refractivity contribution in [1.82, 2.24) is 4.90 Å². The summed E-state index contributed by atoms with van der Waals surface area (Å²) in [7, 11) is 0. The van der Waals surface area contributed by atoms with E-state index in [1.807, 2.05) is 0 Å². The molecule has 1 saturated carbocycles. The molecule has 1 aromatic rings. The summed E-state index contributed by atoms with van der Waals surface area (Å²) < 4.78 is 11.7. The van der Waals surface area contributed by atoms with E-state index in [-0.39, 0.29) is 5.41 Å². The van der Waals surface area contributed by atoms with Gasteiger partial charge in [0.05, 0.1) is 6.07 Å². The summed E-state index contributed by atoms with van der Waals surface area (Å²) in [6, 6.07) is 7.20. The van der Waals surface area contributed by atoms with Gasteiger partial charge >= 0.3 is 0 Å². The van der Waals surface area contributed by atoms with Crippen LogP contribution in [0.1, 0.15) is 69.0 Å². The van der Waals surface area contributed by atoms with Crippen molar-refractivity contribution in [3.8, 4) is 17.6 Å². The number of rotatable bonds is 4. The summed E-state index contributed by atoms with van der Waals surface area (Å²) in [5.41, 5.74) is 3.22. The molecule has 0 radical (unpaired) electrons. The second-order valence-electron chi connectivity index (χ2n) is 7.83. The zero-order chi connectivity index (χ0) is 17.3. The number of hydrogen-bond acceptors (Lipinski definition) is 4. The number of hydrogen-bond donors (Lipinski definition) is 0. The number of nitrogens with zero attached hydrogens (tertiary/aromatic N) is 2. The van der Waals surface area contributed by atoms with Gasteiger partial charge in [-0.3, -0.25) is 4.90 Å². The van der Waals surface area contributed by atoms with Crippen molar-refractivity contribution in [2.24, 2.45) is 0 Å². The topological polar surface area (TPSA) is 45.5 Å². The van der Waals surface area contributed by atoms with Crippen LogP contribution in [0, 0.1) is 11.3 Å². The second kappa shape index (κ2) is 6.88. The highest BCUT2D eigenvalue weighted by molar-refractivity contribution is 5.53. The van der Waals surface area contributed by atoms with Crippen LogP contribution in [0.2, 0.25) is 0 Å². The van der Waals surface area contributed by atoms with Gasteiger partial charge in [0, 0.05) is 24.4 Å². The highest BCUT2D eigenvalue weighted by Crippen LogP contribution is 2.51. The van der Waals surface area contributed by atoms with Gasteiger partial charge < -0.3 is 9.47 Å². The Kier molecular flexibility index (Phi) is 4.60. The zero-order valence-electron chi connectivity index (χ0n) is 15.2. The van der Waals surface area contributed by atoms with Crippen molar-refractivity contribution in [2.45, 2.75) is 63.3 Å². The highest BCUT2D eigenvalue weighted by Gasteiger charge is 2.44. The Morgan fingerprint density at radius 1 is 1.16 bits per heavy atom. The van der Waals surface area contributed by atoms with Gasteiger partial charge in [0.1, 0.15) is 13.2 Å². The lowest BCUT2D eigenvalue weighted by Gasteiger charge is -2.46. The summed E-state index contributed by atoms with van der Waals surface area (Å²) in [6.45, 7) is 5.84. The molecule has 0 saturated heterocycles. The van der Waals surface area contributed by atoms with Crippen LogP contribution in [-0.4, -0.2) is 31.2 Å². The molecule has 4 heteroatoms. The van der Waals surface area contributed by atoms with E-state index < -0.39 is 0 Å². The summed E-state index contributed by atoms with van der Waals surface area (Å²) in [5.74, 6) is 1.85. The van der Waals surface area contributed by atoms with Crippen LogP contribution in [0.4, 0.5) is 0 Å². The average molecular weight is 340 g/mol. The number of fused-ring (bicyclic) bond motifs is 3. The Balaban J connectivity index is 1.66. The zero-order valence-corrected chi connectivity index (χ0v) is 15.2. The molecule has 0 N–H and O–H groups in total. The third kappa shape index (κ3) is 3.00. The Labute approximate surface area is 150 Å². The number of ether oxygens (including phenoxy) is 2. The minimum Gasteiger partial charge on any atom is -0.486 e. The maximum atomic E-state index is 8.78. The highest BCUT2D eigenvalue weighted by atomic mass is 16.6. The molecule has 1 spiro atoms. The molecule has 4 nitrogen and oxygen atoms in total. The van der Waals surface area contributed by atoms with Gasteiger partial charge in [-0.15, -0.1) is 0 Å². The number of benzene rings is 1. The van der Waals surface area contributed by atoms with Crippen molar-refractivity contribution in [3.63, 3.8) is 0 Å². The minimum absolute atomic E-state index is 0.285. The Morgan fingerprint density at radius 3 is 2.60 bits per heavy atom. The second-order valence-corrected chi connectivity index (χ2v) is 7.83. The maximum Gasteiger partial charge on any atom is 0.161 e. The molecule has 1 aliphatic carbocycles. The van der Waals surface area contributed by atoms with E-state index in [1.165, 1.54) is 36.8 Å². The summed E-state index contributed by atoms with van der Waals surface area (Å²) in [6.07, 6.45) is 7.98. The molecule has 2 aliphatic heterocycles. The fourth-order valence-electron chi connectivity index (χ4n) is 4.99. The number of nitriles is 1. The van der Waals surface area contributed by atoms with Gasteiger partial charge in [-0.1, -0.05) is 12.8 Å². The van der Waals surface area contributed by atoms with Crippen molar-refractivity contribution >= 4 is 0 Å². The molecule has 1 unspecified atom stereocenters. The fourth-order valence-corrected chi connectivity index (χ4v) is 4.99. The summed E-state index contributed by atoms with van der Waals surface area (Å²) in [5, 5.41) is 8.78. The first-order valence-electron chi connectivity index (χ1n) is 9.78. The van der Waals surface area contributed by atoms with Gasteiger partial charge in [0.15, 0.2) is 11.5 Å². The van der Waals surface area contributed by atoms with Gasteiger partial charge in [-0.05, 0) is 62.4 Å². The van der Waals surface area contributed by atoms with E-state index in [0.29, 0.717) is 25.7 Å². The normalized spacial score (nSPS) is 24.1. The van der Waals surface area contributed by atoms with E-state index in [0.717, 1.165) is 37.4 Å². The smallest absolute Gasteiger partial charge is 0.161 e. The molecule has 0 bridgehead atoms. The van der Waals surface area contributed by atoms with Crippen LogP contribution in [0.15, 0.2) is 12.1 Å². The third-order valence-corrected chi connectivity index (χ3v) is 6.33. The summed E-state index contributed by atoms with van der Waals surface area (Å²) >= 11 is 0. The molecular formula is C21H28N2O2. The van der Waals surface area contributed by atoms with E-state index >= 15 is 0 Å². The first kappa shape index (κ1) is 16.7. The summed E-state index contributed by atoms with van der Waals surface area (Å²) in [4.78, 5) is 2.64. The lowest BCUT2D eigenvalue weighted by Crippen LogP contribution is -2.46. The Morgan fingerprint density at radius 2 is 1.88 bits per heavy atom. The predicted octanol–water partition coefficient (Wildman–Crippen LogP) is 4.34. The van der Waals surface area contributed by atoms with Crippen LogP contribution in [-0.2, 0) is 5.41 Å². The molecule has 25 heavy (non-hydrogen) atoms. The van der Waals surface area contributed by atoms with Gasteiger partial charge in [0.2, 0.25) is 0 Å². The Hall–Kier alpha value is -1.73. The number of unbranched alkanes of at least 4 members (excludes halogenated alkanes) is 2. The molecule has 3 aliphatic rings. The van der Waals surface area contributed by atoms with Crippen molar-refractivity contribution in [2.75, 3.05) is 26.3 Å². The standard InChI is InChI=1S/C21H28N2O2/c1-16-17-13-19-20(25-12-11-24-19)14-18(17)21(7-3-4-8-21)15-23(16)10-6-2-5-9-22/h13-14,16H,2-8,10-12,15H2,1H3. The van der Waals surface area contributed by atoms with Crippen LogP contribution < -0.4 is 9.47 Å². The van der Waals surface area contributed by atoms with E-state index in [9.17, 15) is 0 Å². The van der Waals surface area contributed by atoms with Crippen molar-refractivity contribution < 1.29 is 9.47 Å². The molecule has 1 atom stereocenters. The van der Waals surface area contributed by atoms with Crippen molar-refractivity contribution in [3.05, 3.63) is 23.3 Å². The molecule has 0 aromatic heterocycles. The van der Waals surface area contributed by atoms with Gasteiger partial charge in [-0.25, -0.2) is 0 Å². The monoisotopic (exact) mass is 340 g/mol. The maximum absolute atomic E-state index is 8.78. The lowest BCUT2D eigenvalue weighted by molar-refractivity contribution is 0.130. The molecule has 0 amide bonds. The SMILES string of the molecule is CC1c2cc3c(cc2C2(CCCC2)CN1CCCCC#N)OCCO3. The lowest BCUT2D eigenvalue weighted by atomic mass is 9.71. The van der Waals surface area contributed by atoms with E-state index in [1.54, 1.807) is 0 Å². The molecular weight excluding hydrogens is 312 g/mol. The van der Waals surface area contributed by atoms with Crippen LogP contribution in [0.5, 0.6) is 11.5 Å². The fraction of sp³-hybridized carbons (Fsp3) is 0.667. The first-order valence-corrected chi connectivity index (χ1v) is 9.78. The molecule has 1 aromatic carbocycles. The van der Waals surface area contributed by atoms with E-state index in [2.05, 4.69) is 30.0 Å². The molecule has 4 rings (SSSR count). The van der Waals surface area contributed by atoms with Crippen LogP contribution >= 0.6 is 0 Å². The molecule has 1 fully saturated rings.